The van der Waals surface area contributed by atoms with E-state index in [-0.39, 0.29) is 5.56 Å². The Kier molecular flexibility index (Phi) is 4.34. The molecular weight excluding hydrogens is 329 g/mol. The van der Waals surface area contributed by atoms with E-state index in [0.29, 0.717) is 11.3 Å². The number of rotatable bonds is 3. The molecule has 0 atom stereocenters. The van der Waals surface area contributed by atoms with Crippen molar-refractivity contribution in [1.82, 2.24) is 0 Å². The molecule has 0 saturated carbocycles. The maximum atomic E-state index is 13.0. The van der Waals surface area contributed by atoms with Crippen LogP contribution in [-0.2, 0) is 16.2 Å². The van der Waals surface area contributed by atoms with Gasteiger partial charge in [0.05, 0.1) is 18.4 Å². The molecule has 8 heteroatoms. The highest BCUT2D eigenvalue weighted by Crippen LogP contribution is 2.39. The molecule has 0 saturated heterocycles. The summed E-state index contributed by atoms with van der Waals surface area (Å²) in [6.45, 7) is 6.81. The third-order valence-electron chi connectivity index (χ3n) is 2.94. The second kappa shape index (κ2) is 5.93. The molecular formula is C15H11F3N2O2S. The molecule has 0 aliphatic rings. The topological polar surface area (TPSA) is 50.5 Å². The van der Waals surface area contributed by atoms with Crippen molar-refractivity contribution < 1.29 is 21.6 Å². The number of hydrogen-bond acceptors (Lipinski definition) is 2. The number of nitrogens with one attached hydrogen (secondary N) is 1. The Morgan fingerprint density at radius 3 is 2.09 bits per heavy atom. The van der Waals surface area contributed by atoms with Gasteiger partial charge < -0.3 is 0 Å². The van der Waals surface area contributed by atoms with Crippen molar-refractivity contribution in [2.24, 2.45) is 0 Å². The minimum atomic E-state index is -4.62. The van der Waals surface area contributed by atoms with E-state index >= 15 is 0 Å². The number of nitrogens with zero attached hydrogens (tertiary/aromatic N) is 1. The van der Waals surface area contributed by atoms with Gasteiger partial charge in [-0.2, -0.15) is 13.2 Å². The molecule has 2 rings (SSSR count). The number of halogens is 3. The van der Waals surface area contributed by atoms with E-state index in [1.54, 1.807) is 0 Å². The summed E-state index contributed by atoms with van der Waals surface area (Å²) in [7, 11) is -3.42. The monoisotopic (exact) mass is 340 g/mol. The minimum absolute atomic E-state index is 0.288. The van der Waals surface area contributed by atoms with Crippen LogP contribution in [0.5, 0.6) is 0 Å². The van der Waals surface area contributed by atoms with Crippen LogP contribution in [0.25, 0.3) is 16.0 Å². The third-order valence-corrected chi connectivity index (χ3v) is 3.55. The van der Waals surface area contributed by atoms with E-state index in [4.69, 9.17) is 6.57 Å². The second-order valence-electron chi connectivity index (χ2n) is 4.79. The largest absolute Gasteiger partial charge is 0.407 e. The summed E-state index contributed by atoms with van der Waals surface area (Å²) in [5.41, 5.74) is -0.383. The molecule has 2 aromatic carbocycles. The number of alkyl halides is 3. The molecule has 0 bridgehead atoms. The maximum absolute atomic E-state index is 13.0. The zero-order chi connectivity index (χ0) is 17.3. The summed E-state index contributed by atoms with van der Waals surface area (Å²) in [6.07, 6.45) is -3.62. The van der Waals surface area contributed by atoms with Crippen LogP contribution in [0.1, 0.15) is 5.56 Å². The highest BCUT2D eigenvalue weighted by atomic mass is 32.2. The lowest BCUT2D eigenvalue weighted by Crippen LogP contribution is -2.09. The fourth-order valence-electron chi connectivity index (χ4n) is 1.98. The maximum Gasteiger partial charge on any atom is 0.407 e. The first-order valence-electron chi connectivity index (χ1n) is 6.27. The summed E-state index contributed by atoms with van der Waals surface area (Å²) in [5.74, 6) is 0. The van der Waals surface area contributed by atoms with Crippen LogP contribution in [0.4, 0.5) is 24.5 Å². The average molecular weight is 340 g/mol. The van der Waals surface area contributed by atoms with Crippen LogP contribution in [-0.4, -0.2) is 14.7 Å². The number of sulfonamides is 1. The Bertz CT molecular complexity index is 867. The molecule has 0 spiro atoms. The highest BCUT2D eigenvalue weighted by Gasteiger charge is 2.33. The predicted molar refractivity (Wildman–Crippen MR) is 81.6 cm³/mol. The predicted octanol–water partition coefficient (Wildman–Crippen LogP) is 4.29. The average Bonchev–Trinajstić information content (AvgIpc) is 2.45. The van der Waals surface area contributed by atoms with Crippen LogP contribution in [0.2, 0.25) is 0 Å². The Morgan fingerprint density at radius 2 is 1.61 bits per heavy atom. The molecule has 0 amide bonds. The number of anilines is 1. The lowest BCUT2D eigenvalue weighted by molar-refractivity contribution is -0.136. The molecule has 0 aliphatic heterocycles. The molecule has 0 heterocycles. The van der Waals surface area contributed by atoms with Gasteiger partial charge in [0.2, 0.25) is 10.0 Å². The lowest BCUT2D eigenvalue weighted by Gasteiger charge is -2.11. The highest BCUT2D eigenvalue weighted by molar-refractivity contribution is 7.92. The molecule has 0 radical (unpaired) electrons. The fourth-order valence-corrected chi connectivity index (χ4v) is 2.55. The Morgan fingerprint density at radius 1 is 1.04 bits per heavy atom. The molecule has 0 fully saturated rings. The van der Waals surface area contributed by atoms with Crippen LogP contribution in [0.15, 0.2) is 42.5 Å². The zero-order valence-corrected chi connectivity index (χ0v) is 12.7. The summed E-state index contributed by atoms with van der Waals surface area (Å²) in [4.78, 5) is 2.88. The lowest BCUT2D eigenvalue weighted by atomic mass is 10.0. The molecule has 120 valence electrons. The molecule has 2 aromatic rings. The van der Waals surface area contributed by atoms with Crippen LogP contribution in [0, 0.1) is 6.57 Å². The molecule has 23 heavy (non-hydrogen) atoms. The van der Waals surface area contributed by atoms with Crippen LogP contribution < -0.4 is 4.72 Å². The van der Waals surface area contributed by atoms with E-state index in [2.05, 4.69) is 9.57 Å². The molecule has 0 aliphatic carbocycles. The Balaban J connectivity index is 2.42. The van der Waals surface area contributed by atoms with Gasteiger partial charge in [0.15, 0.2) is 5.69 Å². The van der Waals surface area contributed by atoms with Crippen LogP contribution in [0.3, 0.4) is 0 Å². The van der Waals surface area contributed by atoms with Crippen molar-refractivity contribution in [3.63, 3.8) is 0 Å². The van der Waals surface area contributed by atoms with Gasteiger partial charge in [-0.05, 0) is 23.3 Å². The second-order valence-corrected chi connectivity index (χ2v) is 6.54. The Labute approximate surface area is 131 Å². The van der Waals surface area contributed by atoms with E-state index < -0.39 is 27.5 Å². The van der Waals surface area contributed by atoms with Gasteiger partial charge in [-0.1, -0.05) is 30.3 Å². The zero-order valence-electron chi connectivity index (χ0n) is 11.8. The quantitative estimate of drug-likeness (QED) is 0.847. The number of hydrogen-bond donors (Lipinski definition) is 1. The van der Waals surface area contributed by atoms with Crippen molar-refractivity contribution in [3.05, 3.63) is 59.4 Å². The van der Waals surface area contributed by atoms with Crippen molar-refractivity contribution in [2.75, 3.05) is 11.0 Å². The standard InChI is InChI=1S/C15H11F3N2O2S/c1-19-14-8-5-11(9-13(14)15(16,17)18)10-3-6-12(7-4-10)20-23(2,21)22/h3-9,20H,2H3. The SMILES string of the molecule is [C-]#[N+]c1ccc(-c2ccc(NS(C)(=O)=O)cc2)cc1C(F)(F)F. The molecule has 1 N–H and O–H groups in total. The van der Waals surface area contributed by atoms with Gasteiger partial charge in [-0.3, -0.25) is 4.72 Å². The summed E-state index contributed by atoms with van der Waals surface area (Å²) >= 11 is 0. The Hall–Kier alpha value is -2.53. The van der Waals surface area contributed by atoms with Crippen molar-refractivity contribution >= 4 is 21.4 Å². The molecule has 0 aromatic heterocycles. The molecule has 4 nitrogen and oxygen atoms in total. The van der Waals surface area contributed by atoms with E-state index in [1.807, 2.05) is 0 Å². The van der Waals surface area contributed by atoms with Crippen molar-refractivity contribution in [1.29, 1.82) is 0 Å². The first kappa shape index (κ1) is 16.8. The fraction of sp³-hybridized carbons (Fsp3) is 0.133. The summed E-state index contributed by atoms with van der Waals surface area (Å²) in [5, 5.41) is 0. The summed E-state index contributed by atoms with van der Waals surface area (Å²) in [6, 6.07) is 9.35. The van der Waals surface area contributed by atoms with Crippen molar-refractivity contribution in [3.8, 4) is 11.1 Å². The van der Waals surface area contributed by atoms with Gasteiger partial charge in [-0.15, -0.1) is 0 Å². The van der Waals surface area contributed by atoms with E-state index in [9.17, 15) is 21.6 Å². The van der Waals surface area contributed by atoms with Crippen molar-refractivity contribution in [2.45, 2.75) is 6.18 Å². The molecule has 0 unspecified atom stereocenters. The van der Waals surface area contributed by atoms with Gasteiger partial charge in [0.25, 0.3) is 0 Å². The van der Waals surface area contributed by atoms with Gasteiger partial charge >= 0.3 is 6.18 Å². The first-order chi connectivity index (χ1) is 10.6. The minimum Gasteiger partial charge on any atom is -0.284 e. The first-order valence-corrected chi connectivity index (χ1v) is 8.16. The van der Waals surface area contributed by atoms with Gasteiger partial charge in [0, 0.05) is 5.69 Å². The smallest absolute Gasteiger partial charge is 0.284 e. The third kappa shape index (κ3) is 4.23. The van der Waals surface area contributed by atoms with E-state index in [1.165, 1.54) is 30.3 Å². The number of benzene rings is 2. The normalized spacial score (nSPS) is 11.8. The van der Waals surface area contributed by atoms with Gasteiger partial charge in [0.1, 0.15) is 0 Å². The van der Waals surface area contributed by atoms with E-state index in [0.717, 1.165) is 18.4 Å². The van der Waals surface area contributed by atoms with Gasteiger partial charge in [-0.25, -0.2) is 13.3 Å². The van der Waals surface area contributed by atoms with Crippen LogP contribution >= 0.6 is 0 Å². The summed E-state index contributed by atoms with van der Waals surface area (Å²) < 4.78 is 63.4.